The highest BCUT2D eigenvalue weighted by Crippen LogP contribution is 2.42. The van der Waals surface area contributed by atoms with Crippen molar-refractivity contribution in [3.8, 4) is 5.75 Å². The van der Waals surface area contributed by atoms with E-state index in [9.17, 15) is 18.6 Å². The van der Waals surface area contributed by atoms with E-state index < -0.39 is 45.6 Å². The summed E-state index contributed by atoms with van der Waals surface area (Å²) in [6, 6.07) is 15.2. The standard InChI is InChI=1S/C20H22O7S/c1-25-13-9-7-12(8-10-13)11-26-19-17-15(21)16(22)18(27-17)20(19)28(23,24)14-5-3-2-4-6-14/h2-10,15-22H,11H2,1H3/t15-,16+,17-,18+,19-,20-/m1/s1. The molecule has 0 radical (unpaired) electrons. The molecule has 0 spiro atoms. The van der Waals surface area contributed by atoms with Crippen molar-refractivity contribution in [1.29, 1.82) is 0 Å². The zero-order valence-electron chi connectivity index (χ0n) is 15.2. The molecule has 2 fully saturated rings. The monoisotopic (exact) mass is 406 g/mol. The van der Waals surface area contributed by atoms with E-state index in [0.717, 1.165) is 5.56 Å². The Morgan fingerprint density at radius 3 is 2.25 bits per heavy atom. The highest BCUT2D eigenvalue weighted by molar-refractivity contribution is 7.92. The summed E-state index contributed by atoms with van der Waals surface area (Å²) in [5.74, 6) is 0.704. The molecule has 0 aromatic heterocycles. The topological polar surface area (TPSA) is 102 Å². The van der Waals surface area contributed by atoms with Crippen molar-refractivity contribution in [2.75, 3.05) is 7.11 Å². The van der Waals surface area contributed by atoms with Gasteiger partial charge in [0.1, 0.15) is 41.5 Å². The minimum Gasteiger partial charge on any atom is -0.497 e. The number of ether oxygens (including phenoxy) is 3. The molecule has 0 amide bonds. The van der Waals surface area contributed by atoms with Crippen molar-refractivity contribution in [3.05, 3.63) is 60.2 Å². The Morgan fingerprint density at radius 1 is 0.964 bits per heavy atom. The lowest BCUT2D eigenvalue weighted by Gasteiger charge is -2.33. The number of sulfone groups is 1. The number of fused-ring (bicyclic) bond motifs is 2. The van der Waals surface area contributed by atoms with Crippen LogP contribution in [-0.2, 0) is 25.9 Å². The van der Waals surface area contributed by atoms with Gasteiger partial charge in [0.15, 0.2) is 9.84 Å². The van der Waals surface area contributed by atoms with Crippen molar-refractivity contribution in [3.63, 3.8) is 0 Å². The Morgan fingerprint density at radius 2 is 1.61 bits per heavy atom. The van der Waals surface area contributed by atoms with E-state index in [0.29, 0.717) is 5.75 Å². The molecule has 0 aliphatic carbocycles. The molecule has 8 heteroatoms. The molecule has 28 heavy (non-hydrogen) atoms. The highest BCUT2D eigenvalue weighted by Gasteiger charge is 2.64. The predicted molar refractivity (Wildman–Crippen MR) is 99.7 cm³/mol. The van der Waals surface area contributed by atoms with Crippen molar-refractivity contribution < 1.29 is 32.8 Å². The Kier molecular flexibility index (Phi) is 5.15. The van der Waals surface area contributed by atoms with E-state index in [1.54, 1.807) is 37.4 Å². The van der Waals surface area contributed by atoms with Crippen molar-refractivity contribution in [2.24, 2.45) is 0 Å². The minimum absolute atomic E-state index is 0.135. The van der Waals surface area contributed by atoms with Gasteiger partial charge in [-0.05, 0) is 29.8 Å². The number of hydrogen-bond donors (Lipinski definition) is 2. The smallest absolute Gasteiger partial charge is 0.186 e. The van der Waals surface area contributed by atoms with Gasteiger partial charge in [0, 0.05) is 0 Å². The summed E-state index contributed by atoms with van der Waals surface area (Å²) in [6.07, 6.45) is -5.29. The molecule has 2 aromatic rings. The van der Waals surface area contributed by atoms with E-state index in [1.807, 2.05) is 12.1 Å². The van der Waals surface area contributed by atoms with Crippen LogP contribution in [0.1, 0.15) is 5.56 Å². The van der Waals surface area contributed by atoms with Gasteiger partial charge in [-0.15, -0.1) is 0 Å². The van der Waals surface area contributed by atoms with Crippen molar-refractivity contribution in [1.82, 2.24) is 0 Å². The Labute approximate surface area is 163 Å². The predicted octanol–water partition coefficient (Wildman–Crippen LogP) is 0.926. The summed E-state index contributed by atoms with van der Waals surface area (Å²) < 4.78 is 43.1. The molecule has 4 rings (SSSR count). The van der Waals surface area contributed by atoms with Gasteiger partial charge in [-0.1, -0.05) is 30.3 Å². The first-order chi connectivity index (χ1) is 13.4. The van der Waals surface area contributed by atoms with Gasteiger partial charge in [0.2, 0.25) is 0 Å². The largest absolute Gasteiger partial charge is 0.497 e. The van der Waals surface area contributed by atoms with Gasteiger partial charge in [0.25, 0.3) is 0 Å². The number of methoxy groups -OCH3 is 1. The lowest BCUT2D eigenvalue weighted by atomic mass is 9.92. The zero-order valence-corrected chi connectivity index (χ0v) is 16.0. The molecule has 0 unspecified atom stereocenters. The first-order valence-electron chi connectivity index (χ1n) is 8.98. The Balaban J connectivity index is 1.60. The third-order valence-electron chi connectivity index (χ3n) is 5.34. The molecule has 7 nitrogen and oxygen atoms in total. The summed E-state index contributed by atoms with van der Waals surface area (Å²) in [4.78, 5) is 0.135. The van der Waals surface area contributed by atoms with Gasteiger partial charge in [-0.25, -0.2) is 8.42 Å². The normalized spacial score (nSPS) is 31.8. The Bertz CT molecular complexity index is 913. The molecule has 150 valence electrons. The van der Waals surface area contributed by atoms with Gasteiger partial charge >= 0.3 is 0 Å². The third kappa shape index (κ3) is 3.21. The maximum Gasteiger partial charge on any atom is 0.186 e. The zero-order chi connectivity index (χ0) is 19.9. The average molecular weight is 406 g/mol. The summed E-state index contributed by atoms with van der Waals surface area (Å²) in [7, 11) is -2.26. The number of aliphatic hydroxyl groups excluding tert-OH is 2. The molecule has 2 heterocycles. The molecule has 2 aliphatic heterocycles. The second-order valence-corrected chi connectivity index (χ2v) is 9.10. The van der Waals surface area contributed by atoms with Crippen LogP contribution in [0.3, 0.4) is 0 Å². The SMILES string of the molecule is COc1ccc(CO[C@@H]2[C@@H]3O[C@@H]([C@@H](O)[C@H]3O)[C@H]2S(=O)(=O)c2ccccc2)cc1. The van der Waals surface area contributed by atoms with Gasteiger partial charge in [-0.3, -0.25) is 0 Å². The molecule has 2 saturated heterocycles. The molecule has 6 atom stereocenters. The van der Waals surface area contributed by atoms with Crippen LogP contribution in [0.15, 0.2) is 59.5 Å². The molecule has 2 aromatic carbocycles. The second kappa shape index (κ2) is 7.46. The fraction of sp³-hybridized carbons (Fsp3) is 0.400. The van der Waals surface area contributed by atoms with Crippen molar-refractivity contribution in [2.45, 2.75) is 47.3 Å². The van der Waals surface area contributed by atoms with E-state index in [4.69, 9.17) is 14.2 Å². The number of benzene rings is 2. The molecular weight excluding hydrogens is 384 g/mol. The Hall–Kier alpha value is -1.97. The van der Waals surface area contributed by atoms with E-state index >= 15 is 0 Å². The lowest BCUT2D eigenvalue weighted by Crippen LogP contribution is -2.56. The van der Waals surface area contributed by atoms with Crippen molar-refractivity contribution >= 4 is 9.84 Å². The molecule has 0 saturated carbocycles. The van der Waals surface area contributed by atoms with Crippen LogP contribution < -0.4 is 4.74 Å². The molecule has 2 bridgehead atoms. The number of rotatable bonds is 6. The van der Waals surface area contributed by atoms with Crippen LogP contribution in [0.4, 0.5) is 0 Å². The molecule has 2 aliphatic rings. The van der Waals surface area contributed by atoms with E-state index in [1.165, 1.54) is 12.1 Å². The van der Waals surface area contributed by atoms with Gasteiger partial charge in [0.05, 0.1) is 18.6 Å². The third-order valence-corrected chi connectivity index (χ3v) is 7.52. The van der Waals surface area contributed by atoms with Gasteiger partial charge < -0.3 is 24.4 Å². The highest BCUT2D eigenvalue weighted by atomic mass is 32.2. The second-order valence-electron chi connectivity index (χ2n) is 6.99. The van der Waals surface area contributed by atoms with Crippen LogP contribution in [0.2, 0.25) is 0 Å². The summed E-state index contributed by atoms with van der Waals surface area (Å²) >= 11 is 0. The minimum atomic E-state index is -3.83. The van der Waals surface area contributed by atoms with E-state index in [-0.39, 0.29) is 11.5 Å². The molecular formula is C20H22O7S. The van der Waals surface area contributed by atoms with Crippen LogP contribution in [0.5, 0.6) is 5.75 Å². The average Bonchev–Trinajstić information content (AvgIpc) is 3.24. The van der Waals surface area contributed by atoms with Crippen LogP contribution in [0.25, 0.3) is 0 Å². The summed E-state index contributed by atoms with van der Waals surface area (Å²) in [6.45, 7) is 0.144. The quantitative estimate of drug-likeness (QED) is 0.736. The summed E-state index contributed by atoms with van der Waals surface area (Å²) in [5.41, 5.74) is 0.828. The van der Waals surface area contributed by atoms with Gasteiger partial charge in [-0.2, -0.15) is 0 Å². The van der Waals surface area contributed by atoms with Crippen LogP contribution >= 0.6 is 0 Å². The fourth-order valence-electron chi connectivity index (χ4n) is 3.87. The maximum absolute atomic E-state index is 13.2. The summed E-state index contributed by atoms with van der Waals surface area (Å²) in [5, 5.41) is 19.3. The van der Waals surface area contributed by atoms with Crippen LogP contribution in [0, 0.1) is 0 Å². The maximum atomic E-state index is 13.2. The fourth-order valence-corrected chi connectivity index (χ4v) is 5.89. The number of hydrogen-bond acceptors (Lipinski definition) is 7. The van der Waals surface area contributed by atoms with E-state index in [2.05, 4.69) is 0 Å². The number of aliphatic hydroxyl groups is 2. The first-order valence-corrected chi connectivity index (χ1v) is 10.5. The van der Waals surface area contributed by atoms with Crippen LogP contribution in [-0.4, -0.2) is 61.5 Å². The first kappa shape index (κ1) is 19.4. The molecule has 2 N–H and O–H groups in total. The lowest BCUT2D eigenvalue weighted by molar-refractivity contribution is -0.0669.